The van der Waals surface area contributed by atoms with Crippen molar-refractivity contribution in [2.45, 2.75) is 82.1 Å². The number of rotatable bonds is 27. The number of hydrogen-bond acceptors (Lipinski definition) is 13. The number of aromatic amines is 2. The van der Waals surface area contributed by atoms with Gasteiger partial charge < -0.3 is 61.3 Å². The maximum Gasteiger partial charge on any atom is 0.341 e. The van der Waals surface area contributed by atoms with Crippen molar-refractivity contribution in [2.75, 3.05) is 81.9 Å². The number of nitrogens with one attached hydrogen (secondary N) is 6. The van der Waals surface area contributed by atoms with Gasteiger partial charge in [0.25, 0.3) is 23.6 Å². The topological polar surface area (TPSA) is 287 Å². The van der Waals surface area contributed by atoms with Gasteiger partial charge in [-0.2, -0.15) is 0 Å². The van der Waals surface area contributed by atoms with E-state index >= 15 is 0 Å². The van der Waals surface area contributed by atoms with Crippen LogP contribution in [0.15, 0.2) is 85.0 Å². The number of halogens is 4. The molecule has 6 aromatic rings. The van der Waals surface area contributed by atoms with E-state index < -0.39 is 12.6 Å². The second-order valence-electron chi connectivity index (χ2n) is 22.2. The second kappa shape index (κ2) is 33.9. The number of allylic oxidation sites excluding steroid dienone is 2. The van der Waals surface area contributed by atoms with Gasteiger partial charge in [0.2, 0.25) is 0 Å². The molecule has 4 amide bonds. The molecule has 9 N–H and O–H groups in total. The van der Waals surface area contributed by atoms with Gasteiger partial charge >= 0.3 is 5.97 Å². The van der Waals surface area contributed by atoms with E-state index in [0.29, 0.717) is 86.8 Å². The number of fused-ring (bicyclic) bond motifs is 2. The fourth-order valence-corrected chi connectivity index (χ4v) is 11.3. The van der Waals surface area contributed by atoms with Crippen molar-refractivity contribution in [3.8, 4) is 11.5 Å². The van der Waals surface area contributed by atoms with E-state index in [0.717, 1.165) is 73.0 Å². The van der Waals surface area contributed by atoms with Gasteiger partial charge in [-0.15, -0.1) is 0 Å². The third kappa shape index (κ3) is 18.3. The van der Waals surface area contributed by atoms with Crippen LogP contribution in [0.5, 0.6) is 11.5 Å². The number of hydrogen-bond donors (Lipinski definition) is 8. The van der Waals surface area contributed by atoms with Gasteiger partial charge in [0.1, 0.15) is 28.2 Å². The zero-order chi connectivity index (χ0) is 69.4. The minimum absolute atomic E-state index is 0.0117. The van der Waals surface area contributed by atoms with Crippen molar-refractivity contribution < 1.29 is 52.9 Å². The number of aromatic nitrogens is 2. The highest BCUT2D eigenvalue weighted by Gasteiger charge is 2.29. The Hall–Kier alpha value is -8.76. The number of amides is 4. The fraction of sp³-hybridized carbons (Fsp3) is 0.314. The number of carboxylic acid groups (broad SMARTS) is 1. The van der Waals surface area contributed by atoms with Crippen molar-refractivity contribution in [2.24, 2.45) is 0 Å². The molecular formula is C70H79Cl4N9O11. The number of nitrogens with zero attached hydrogens (tertiary/aromatic N) is 2. The minimum atomic E-state index is -1.13. The van der Waals surface area contributed by atoms with Crippen molar-refractivity contribution in [3.63, 3.8) is 0 Å². The van der Waals surface area contributed by atoms with Crippen LogP contribution in [-0.2, 0) is 25.6 Å². The molecule has 0 saturated heterocycles. The lowest BCUT2D eigenvalue weighted by Gasteiger charge is -2.18. The number of ketones is 3. The lowest BCUT2D eigenvalue weighted by atomic mass is 9.99. The molecule has 24 heteroatoms. The zero-order valence-corrected chi connectivity index (χ0v) is 57.4. The molecule has 0 radical (unpaired) electrons. The summed E-state index contributed by atoms with van der Waals surface area (Å²) in [5, 5.41) is 20.3. The number of carboxylic acids is 1. The molecule has 0 bridgehead atoms. The largest absolute Gasteiger partial charge is 0.484 e. The third-order valence-corrected chi connectivity index (χ3v) is 17.5. The number of benzene rings is 4. The summed E-state index contributed by atoms with van der Waals surface area (Å²) < 4.78 is 10.6. The average molecular weight is 1360 g/mol. The summed E-state index contributed by atoms with van der Waals surface area (Å²) in [4.78, 5) is 110. The maximum atomic E-state index is 13.0. The molecular weight excluding hydrogens is 1280 g/mol. The summed E-state index contributed by atoms with van der Waals surface area (Å²) in [7, 11) is 0. The van der Waals surface area contributed by atoms with Crippen LogP contribution in [0.3, 0.4) is 0 Å². The van der Waals surface area contributed by atoms with E-state index in [-0.39, 0.29) is 96.7 Å². The Bertz CT molecular complexity index is 4020. The van der Waals surface area contributed by atoms with Crippen molar-refractivity contribution in [1.82, 2.24) is 30.4 Å². The standard InChI is InChI=1S/C35H38Cl2N4O5.C22H29N5O2.C13H12Cl2O4/c1-7-41(8-2)14-13-38-35(45)30-20(5)28(39-21(30)6)17-26-25-16-22(9-11-27(25)40-34(26)44)15-23(42)18-46-29-12-10-24(31(36)32(29)37)33(43)19(3)4;1-5-27(6-2)10-9-24-22(29)20-13(3)19(25-14(20)4)12-17-16-11-15(23)7-8-18(16)26-21(17)28;1-3-7(2)13(18)8-4-5-9(12(15)11(8)14)19-6-10(16)17/h9-12,16-17,39H,3,7-8,13-15,18H2,1-2,4-6H3,(H,38,45)(H,40,44);7-8,11-12,25H,5-6,9-10,23H2,1-4H3,(H,24,29)(H,26,28);4-5H,2-3,6H2,1H3,(H,16,17)/b26-17-;17-12-;. The number of aliphatic carboxylic acids is 1. The fourth-order valence-electron chi connectivity index (χ4n) is 10.4. The Morgan fingerprint density at radius 1 is 0.606 bits per heavy atom. The van der Waals surface area contributed by atoms with Crippen LogP contribution in [-0.4, -0.2) is 137 Å². The third-order valence-electron chi connectivity index (χ3n) is 15.8. The first kappa shape index (κ1) is 74.3. The Morgan fingerprint density at radius 2 is 1.04 bits per heavy atom. The van der Waals surface area contributed by atoms with E-state index in [2.05, 4.69) is 81.9 Å². The summed E-state index contributed by atoms with van der Waals surface area (Å²) in [6.45, 7) is 32.1. The number of ether oxygens (including phenoxy) is 2. The van der Waals surface area contributed by atoms with Crippen LogP contribution in [0.2, 0.25) is 20.1 Å². The van der Waals surface area contributed by atoms with Crippen LogP contribution in [0.1, 0.15) is 140 Å². The van der Waals surface area contributed by atoms with E-state index in [1.807, 2.05) is 27.7 Å². The van der Waals surface area contributed by atoms with E-state index in [1.165, 1.54) is 24.3 Å². The SMILES string of the molecule is C=C(C)C(=O)c1ccc(OCC(=O)Cc2ccc3c(c2)/C(=C/c2[nH]c(C)c(C(=O)NCCN(CC)CC)c2C)C(=O)N3)c(Cl)c1Cl.C=C(CC)C(=O)c1ccc(OCC(=O)O)c(Cl)c1Cl.CCN(CC)CCNC(=O)c1c(C)[nH]c(/C=C2\C(=O)Nc3ccc(N)cc32)c1C. The summed E-state index contributed by atoms with van der Waals surface area (Å²) in [6.07, 6.45) is 4.07. The first-order chi connectivity index (χ1) is 44.6. The number of nitrogens with two attached hydrogens (primary N) is 1. The predicted octanol–water partition coefficient (Wildman–Crippen LogP) is 12.8. The quantitative estimate of drug-likeness (QED) is 0.0135. The Labute approximate surface area is 567 Å². The van der Waals surface area contributed by atoms with Crippen molar-refractivity contribution in [1.29, 1.82) is 0 Å². The number of Topliss-reactive ketones (excluding diaryl/α,β-unsaturated/α-hetero) is 3. The monoisotopic (exact) mass is 1360 g/mol. The number of nitrogen functional groups attached to an aromatic ring is 1. The Kier molecular flexibility index (Phi) is 26.8. The molecule has 0 fully saturated rings. The number of carbonyl (C=O) groups is 8. The zero-order valence-electron chi connectivity index (χ0n) is 54.3. The van der Waals surface area contributed by atoms with Crippen LogP contribution in [0.4, 0.5) is 17.1 Å². The number of H-pyrrole nitrogens is 2. The smallest absolute Gasteiger partial charge is 0.341 e. The molecule has 0 saturated carbocycles. The summed E-state index contributed by atoms with van der Waals surface area (Å²) >= 11 is 24.5. The number of carbonyl (C=O) groups excluding carboxylic acids is 7. The normalized spacial score (nSPS) is 12.9. The van der Waals surface area contributed by atoms with Crippen LogP contribution >= 0.6 is 46.4 Å². The molecule has 4 heterocycles. The average Bonchev–Trinajstić information content (AvgIpc) is 1.60. The lowest BCUT2D eigenvalue weighted by molar-refractivity contribution is -0.139. The van der Waals surface area contributed by atoms with Crippen LogP contribution < -0.4 is 36.5 Å². The summed E-state index contributed by atoms with van der Waals surface area (Å²) in [5.74, 6) is -2.41. The molecule has 2 aromatic heterocycles. The van der Waals surface area contributed by atoms with Gasteiger partial charge in [0.05, 0.1) is 32.3 Å². The van der Waals surface area contributed by atoms with Gasteiger partial charge in [-0.05, 0) is 162 Å². The predicted molar refractivity (Wildman–Crippen MR) is 374 cm³/mol. The second-order valence-corrected chi connectivity index (χ2v) is 23.7. The molecule has 20 nitrogen and oxygen atoms in total. The van der Waals surface area contributed by atoms with E-state index in [4.69, 9.17) is 66.7 Å². The van der Waals surface area contributed by atoms with Gasteiger partial charge in [-0.3, -0.25) is 33.6 Å². The van der Waals surface area contributed by atoms with Gasteiger partial charge in [0, 0.05) is 94.7 Å². The summed E-state index contributed by atoms with van der Waals surface area (Å²) in [6, 6.07) is 16.5. The molecule has 2 aliphatic heterocycles. The first-order valence-corrected chi connectivity index (χ1v) is 32.0. The Balaban J connectivity index is 0.000000248. The number of likely N-dealkylation sites (N-methyl/N-ethyl adjacent to an activating group) is 2. The molecule has 0 spiro atoms. The molecule has 4 aromatic carbocycles. The number of aryl methyl sites for hydroxylation is 2. The minimum Gasteiger partial charge on any atom is -0.484 e. The Morgan fingerprint density at radius 3 is 1.48 bits per heavy atom. The van der Waals surface area contributed by atoms with Gasteiger partial charge in [-0.1, -0.05) is 100 Å². The first-order valence-electron chi connectivity index (χ1n) is 30.5. The maximum absolute atomic E-state index is 13.0. The molecule has 8 rings (SSSR count). The molecule has 0 atom stereocenters. The molecule has 0 aliphatic carbocycles. The van der Waals surface area contributed by atoms with E-state index in [1.54, 1.807) is 62.4 Å². The van der Waals surface area contributed by atoms with Gasteiger partial charge in [-0.25, -0.2) is 4.79 Å². The van der Waals surface area contributed by atoms with Crippen LogP contribution in [0, 0.1) is 27.7 Å². The number of anilines is 3. The highest BCUT2D eigenvalue weighted by Crippen LogP contribution is 2.39. The van der Waals surface area contributed by atoms with Gasteiger partial charge in [0.15, 0.2) is 24.0 Å². The van der Waals surface area contributed by atoms with Crippen molar-refractivity contribution >= 4 is 134 Å². The lowest BCUT2D eigenvalue weighted by Crippen LogP contribution is -2.35. The molecule has 2 aliphatic rings. The van der Waals surface area contributed by atoms with E-state index in [9.17, 15) is 38.4 Å². The summed E-state index contributed by atoms with van der Waals surface area (Å²) in [5.41, 5.74) is 17.7. The molecule has 498 valence electrons. The highest BCUT2D eigenvalue weighted by molar-refractivity contribution is 6.46. The molecule has 0 unspecified atom stereocenters. The highest BCUT2D eigenvalue weighted by atomic mass is 35.5. The van der Waals surface area contributed by atoms with Crippen LogP contribution in [0.25, 0.3) is 23.3 Å². The molecule has 94 heavy (non-hydrogen) atoms. The van der Waals surface area contributed by atoms with Crippen molar-refractivity contribution in [3.05, 3.63) is 178 Å².